The molecular formula is C9H12N2O3S. The number of aromatic carboxylic acids is 1. The summed E-state index contributed by atoms with van der Waals surface area (Å²) in [6.45, 7) is 2.05. The topological polar surface area (TPSA) is 83.3 Å². The first-order valence-corrected chi connectivity index (χ1v) is 5.34. The largest absolute Gasteiger partial charge is 0.476 e. The highest BCUT2D eigenvalue weighted by atomic mass is 32.2. The SMILES string of the molecule is CC(CCO)Sc1cncc(C(=O)O)n1. The molecule has 1 aromatic heterocycles. The van der Waals surface area contributed by atoms with Gasteiger partial charge in [-0.25, -0.2) is 9.78 Å². The van der Waals surface area contributed by atoms with Crippen LogP contribution >= 0.6 is 11.8 Å². The maximum absolute atomic E-state index is 10.6. The van der Waals surface area contributed by atoms with E-state index in [-0.39, 0.29) is 17.6 Å². The normalized spacial score (nSPS) is 12.4. The van der Waals surface area contributed by atoms with Gasteiger partial charge in [0.1, 0.15) is 5.03 Å². The number of hydrogen-bond donors (Lipinski definition) is 2. The zero-order valence-electron chi connectivity index (χ0n) is 8.25. The van der Waals surface area contributed by atoms with E-state index in [1.54, 1.807) is 0 Å². The molecule has 0 spiro atoms. The Balaban J connectivity index is 2.69. The first-order valence-electron chi connectivity index (χ1n) is 4.46. The second-order valence-electron chi connectivity index (χ2n) is 2.99. The number of thioether (sulfide) groups is 1. The third-order valence-corrected chi connectivity index (χ3v) is 2.77. The van der Waals surface area contributed by atoms with E-state index < -0.39 is 5.97 Å². The van der Waals surface area contributed by atoms with Crippen LogP contribution < -0.4 is 0 Å². The highest BCUT2D eigenvalue weighted by Gasteiger charge is 2.09. The van der Waals surface area contributed by atoms with Gasteiger partial charge in [-0.05, 0) is 6.42 Å². The Morgan fingerprint density at radius 2 is 2.33 bits per heavy atom. The first-order chi connectivity index (χ1) is 7.13. The molecule has 15 heavy (non-hydrogen) atoms. The average Bonchev–Trinajstić information content (AvgIpc) is 2.18. The van der Waals surface area contributed by atoms with Gasteiger partial charge in [0.25, 0.3) is 0 Å². The van der Waals surface area contributed by atoms with Crippen molar-refractivity contribution in [2.24, 2.45) is 0 Å². The average molecular weight is 228 g/mol. The zero-order chi connectivity index (χ0) is 11.3. The van der Waals surface area contributed by atoms with E-state index in [1.165, 1.54) is 24.2 Å². The highest BCUT2D eigenvalue weighted by Crippen LogP contribution is 2.22. The zero-order valence-corrected chi connectivity index (χ0v) is 9.07. The van der Waals surface area contributed by atoms with Gasteiger partial charge < -0.3 is 10.2 Å². The quantitative estimate of drug-likeness (QED) is 0.732. The molecule has 1 atom stereocenters. The van der Waals surface area contributed by atoms with E-state index in [4.69, 9.17) is 10.2 Å². The van der Waals surface area contributed by atoms with E-state index in [0.717, 1.165) is 0 Å². The lowest BCUT2D eigenvalue weighted by Gasteiger charge is -2.07. The van der Waals surface area contributed by atoms with E-state index in [0.29, 0.717) is 11.4 Å². The van der Waals surface area contributed by atoms with Crippen LogP contribution in [0.15, 0.2) is 17.4 Å². The Hall–Kier alpha value is -1.14. The van der Waals surface area contributed by atoms with Gasteiger partial charge in [0.2, 0.25) is 0 Å². The van der Waals surface area contributed by atoms with Crippen LogP contribution in [0.25, 0.3) is 0 Å². The summed E-state index contributed by atoms with van der Waals surface area (Å²) in [6.07, 6.45) is 3.37. The molecule has 1 unspecified atom stereocenters. The molecule has 0 fully saturated rings. The first kappa shape index (κ1) is 11.9. The van der Waals surface area contributed by atoms with Gasteiger partial charge >= 0.3 is 5.97 Å². The number of aromatic nitrogens is 2. The van der Waals surface area contributed by atoms with Crippen molar-refractivity contribution in [3.8, 4) is 0 Å². The minimum Gasteiger partial charge on any atom is -0.476 e. The van der Waals surface area contributed by atoms with Crippen LogP contribution in [0.5, 0.6) is 0 Å². The Morgan fingerprint density at radius 3 is 2.93 bits per heavy atom. The summed E-state index contributed by atoms with van der Waals surface area (Å²) in [5.41, 5.74) is -0.0591. The maximum atomic E-state index is 10.6. The maximum Gasteiger partial charge on any atom is 0.356 e. The molecule has 1 aromatic rings. The number of hydrogen-bond acceptors (Lipinski definition) is 5. The van der Waals surface area contributed by atoms with Crippen molar-refractivity contribution in [3.63, 3.8) is 0 Å². The van der Waals surface area contributed by atoms with Crippen molar-refractivity contribution < 1.29 is 15.0 Å². The Labute approximate surface area is 91.6 Å². The lowest BCUT2D eigenvalue weighted by Crippen LogP contribution is -2.04. The molecule has 82 valence electrons. The summed E-state index contributed by atoms with van der Waals surface area (Å²) in [6, 6.07) is 0. The lowest BCUT2D eigenvalue weighted by atomic mass is 10.3. The van der Waals surface area contributed by atoms with Gasteiger partial charge in [-0.3, -0.25) is 4.98 Å². The van der Waals surface area contributed by atoms with Crippen LogP contribution in [0.1, 0.15) is 23.8 Å². The van der Waals surface area contributed by atoms with Crippen molar-refractivity contribution >= 4 is 17.7 Å². The smallest absolute Gasteiger partial charge is 0.356 e. The van der Waals surface area contributed by atoms with Crippen molar-refractivity contribution in [2.45, 2.75) is 23.6 Å². The molecule has 5 nitrogen and oxygen atoms in total. The Morgan fingerprint density at radius 1 is 1.60 bits per heavy atom. The number of aliphatic hydroxyl groups excluding tert-OH is 1. The van der Waals surface area contributed by atoms with Crippen LogP contribution in [0.4, 0.5) is 0 Å². The van der Waals surface area contributed by atoms with Gasteiger partial charge in [0.05, 0.1) is 12.4 Å². The van der Waals surface area contributed by atoms with Gasteiger partial charge in [0.15, 0.2) is 5.69 Å². The number of nitrogens with zero attached hydrogens (tertiary/aromatic N) is 2. The van der Waals surface area contributed by atoms with Gasteiger partial charge in [-0.15, -0.1) is 11.8 Å². The molecule has 1 rings (SSSR count). The van der Waals surface area contributed by atoms with Gasteiger partial charge in [0, 0.05) is 11.9 Å². The minimum atomic E-state index is -1.08. The summed E-state index contributed by atoms with van der Waals surface area (Å²) < 4.78 is 0. The van der Waals surface area contributed by atoms with Gasteiger partial charge in [-0.2, -0.15) is 0 Å². The van der Waals surface area contributed by atoms with Crippen LogP contribution in [0, 0.1) is 0 Å². The molecule has 0 amide bonds. The van der Waals surface area contributed by atoms with Crippen LogP contribution in [-0.2, 0) is 0 Å². The van der Waals surface area contributed by atoms with Crippen molar-refractivity contribution in [2.75, 3.05) is 6.61 Å². The predicted molar refractivity (Wildman–Crippen MR) is 56.0 cm³/mol. The van der Waals surface area contributed by atoms with Crippen LogP contribution in [-0.4, -0.2) is 38.0 Å². The number of carboxylic acid groups (broad SMARTS) is 1. The predicted octanol–water partition coefficient (Wildman–Crippen LogP) is 1.04. The monoisotopic (exact) mass is 228 g/mol. The number of aliphatic hydroxyl groups is 1. The number of rotatable bonds is 5. The second kappa shape index (κ2) is 5.67. The fourth-order valence-corrected chi connectivity index (χ4v) is 1.86. The Kier molecular flexibility index (Phi) is 4.51. The highest BCUT2D eigenvalue weighted by molar-refractivity contribution is 7.99. The van der Waals surface area contributed by atoms with E-state index in [1.807, 2.05) is 6.92 Å². The van der Waals surface area contributed by atoms with Crippen LogP contribution in [0.2, 0.25) is 0 Å². The van der Waals surface area contributed by atoms with Crippen LogP contribution in [0.3, 0.4) is 0 Å². The summed E-state index contributed by atoms with van der Waals surface area (Å²) >= 11 is 1.40. The molecule has 0 aromatic carbocycles. The third kappa shape index (κ3) is 3.85. The van der Waals surface area contributed by atoms with Crippen molar-refractivity contribution in [1.29, 1.82) is 0 Å². The molecule has 0 aliphatic heterocycles. The second-order valence-corrected chi connectivity index (χ2v) is 4.45. The minimum absolute atomic E-state index is 0.0591. The van der Waals surface area contributed by atoms with E-state index in [9.17, 15) is 4.79 Å². The van der Waals surface area contributed by atoms with Crippen molar-refractivity contribution in [3.05, 3.63) is 18.1 Å². The Bertz CT molecular complexity index is 346. The fourth-order valence-electron chi connectivity index (χ4n) is 0.955. The number of carbonyl (C=O) groups is 1. The van der Waals surface area contributed by atoms with E-state index >= 15 is 0 Å². The molecule has 6 heteroatoms. The molecule has 0 saturated heterocycles. The molecule has 0 aliphatic carbocycles. The van der Waals surface area contributed by atoms with Gasteiger partial charge in [-0.1, -0.05) is 6.92 Å². The lowest BCUT2D eigenvalue weighted by molar-refractivity contribution is 0.0689. The van der Waals surface area contributed by atoms with Crippen molar-refractivity contribution in [1.82, 2.24) is 9.97 Å². The molecule has 0 aliphatic rings. The molecular weight excluding hydrogens is 216 g/mol. The molecule has 0 radical (unpaired) electrons. The third-order valence-electron chi connectivity index (χ3n) is 1.69. The summed E-state index contributed by atoms with van der Waals surface area (Å²) in [4.78, 5) is 18.3. The molecule has 0 bridgehead atoms. The van der Waals surface area contributed by atoms with E-state index in [2.05, 4.69) is 9.97 Å². The molecule has 2 N–H and O–H groups in total. The fraction of sp³-hybridized carbons (Fsp3) is 0.444. The molecule has 0 saturated carbocycles. The summed E-state index contributed by atoms with van der Waals surface area (Å²) in [7, 11) is 0. The summed E-state index contributed by atoms with van der Waals surface area (Å²) in [5, 5.41) is 18.2. The standard InChI is InChI=1S/C9H12N2O3S/c1-6(2-3-12)15-8-5-10-4-7(11-8)9(13)14/h4-6,12H,2-3H2,1H3,(H,13,14). The molecule has 1 heterocycles. The number of carboxylic acids is 1. The summed E-state index contributed by atoms with van der Waals surface area (Å²) in [5.74, 6) is -1.08.